The van der Waals surface area contributed by atoms with Crippen LogP contribution in [0.25, 0.3) is 0 Å². The Labute approximate surface area is 182 Å². The highest BCUT2D eigenvalue weighted by Gasteiger charge is 2.24. The van der Waals surface area contributed by atoms with Gasteiger partial charge in [-0.1, -0.05) is 25.4 Å². The number of nitrogens with one attached hydrogen (secondary N) is 1. The zero-order chi connectivity index (χ0) is 22.3. The maximum Gasteiger partial charge on any atom is 0.276 e. The van der Waals surface area contributed by atoms with Crippen molar-refractivity contribution < 1.29 is 22.7 Å². The molecule has 0 saturated heterocycles. The predicted octanol–water partition coefficient (Wildman–Crippen LogP) is 3.82. The van der Waals surface area contributed by atoms with Crippen LogP contribution >= 0.6 is 11.6 Å². The van der Waals surface area contributed by atoms with Crippen molar-refractivity contribution in [2.75, 3.05) is 31.6 Å². The van der Waals surface area contributed by atoms with Gasteiger partial charge in [0.1, 0.15) is 5.75 Å². The Kier molecular flexibility index (Phi) is 8.45. The topological polar surface area (TPSA) is 97.8 Å². The Hall–Kier alpha value is -2.36. The van der Waals surface area contributed by atoms with Crippen LogP contribution in [0.1, 0.15) is 38.2 Å². The zero-order valence-corrected chi connectivity index (χ0v) is 19.0. The number of carbonyl (C=O) groups is 1. The number of sulfonamides is 1. The lowest BCUT2D eigenvalue weighted by atomic mass is 10.2. The average molecular weight is 456 g/mol. The van der Waals surface area contributed by atoms with Crippen molar-refractivity contribution in [3.63, 3.8) is 0 Å². The molecule has 0 aliphatic rings. The van der Waals surface area contributed by atoms with Crippen molar-refractivity contribution >= 4 is 33.2 Å². The van der Waals surface area contributed by atoms with Gasteiger partial charge in [-0.2, -0.15) is 4.31 Å². The highest BCUT2D eigenvalue weighted by molar-refractivity contribution is 7.89. The number of nitrogens with zero attached hydrogens (tertiary/aromatic N) is 2. The summed E-state index contributed by atoms with van der Waals surface area (Å²) >= 11 is 6.13. The molecule has 0 radical (unpaired) electrons. The molecular weight excluding hydrogens is 430 g/mol. The number of amides is 1. The van der Waals surface area contributed by atoms with Crippen LogP contribution in [0, 0.1) is 0 Å². The van der Waals surface area contributed by atoms with Gasteiger partial charge in [0.15, 0.2) is 5.69 Å². The first kappa shape index (κ1) is 23.9. The summed E-state index contributed by atoms with van der Waals surface area (Å²) in [6.45, 7) is 8.49. The molecule has 164 valence electrons. The standard InChI is InChI=1S/C20H26ClN3O5S/c1-5-24(6-2)30(26,27)14-9-11-17(28-7-3)16(13-14)22-20(25)19-15(21)10-12-18(23-19)29-8-4/h9-13H,5-8H2,1-4H3,(H,22,25). The van der Waals surface area contributed by atoms with E-state index in [-0.39, 0.29) is 27.2 Å². The van der Waals surface area contributed by atoms with Crippen molar-refractivity contribution in [2.24, 2.45) is 0 Å². The average Bonchev–Trinajstić information content (AvgIpc) is 2.71. The van der Waals surface area contributed by atoms with Gasteiger partial charge in [0, 0.05) is 19.2 Å². The van der Waals surface area contributed by atoms with Crippen LogP contribution < -0.4 is 14.8 Å². The normalized spacial score (nSPS) is 11.4. The monoisotopic (exact) mass is 455 g/mol. The van der Waals surface area contributed by atoms with Crippen LogP contribution in [0.3, 0.4) is 0 Å². The van der Waals surface area contributed by atoms with E-state index in [2.05, 4.69) is 10.3 Å². The number of ether oxygens (including phenoxy) is 2. The van der Waals surface area contributed by atoms with E-state index in [0.717, 1.165) is 0 Å². The van der Waals surface area contributed by atoms with Crippen LogP contribution in [-0.2, 0) is 10.0 Å². The first-order chi connectivity index (χ1) is 14.3. The van der Waals surface area contributed by atoms with Crippen molar-refractivity contribution in [1.29, 1.82) is 0 Å². The van der Waals surface area contributed by atoms with Gasteiger partial charge in [-0.05, 0) is 38.1 Å². The third-order valence-electron chi connectivity index (χ3n) is 4.17. The summed E-state index contributed by atoms with van der Waals surface area (Å²) in [5, 5.41) is 2.80. The van der Waals surface area contributed by atoms with Crippen molar-refractivity contribution in [3.8, 4) is 11.6 Å². The minimum absolute atomic E-state index is 0.0398. The minimum Gasteiger partial charge on any atom is -0.492 e. The van der Waals surface area contributed by atoms with Crippen LogP contribution in [0.15, 0.2) is 35.2 Å². The quantitative estimate of drug-likeness (QED) is 0.584. The fourth-order valence-electron chi connectivity index (χ4n) is 2.75. The SMILES string of the molecule is CCOc1ccc(Cl)c(C(=O)Nc2cc(S(=O)(=O)N(CC)CC)ccc2OCC)n1. The molecule has 0 aliphatic heterocycles. The molecule has 1 amide bonds. The van der Waals surface area contributed by atoms with E-state index in [0.29, 0.717) is 32.1 Å². The molecule has 1 aromatic heterocycles. The fraction of sp³-hybridized carbons (Fsp3) is 0.400. The molecule has 1 heterocycles. The number of carbonyl (C=O) groups excluding carboxylic acids is 1. The molecular formula is C20H26ClN3O5S. The first-order valence-corrected chi connectivity index (χ1v) is 11.5. The Balaban J connectivity index is 2.45. The van der Waals surface area contributed by atoms with E-state index < -0.39 is 15.9 Å². The van der Waals surface area contributed by atoms with E-state index in [9.17, 15) is 13.2 Å². The van der Waals surface area contributed by atoms with Crippen molar-refractivity contribution in [3.05, 3.63) is 41.0 Å². The number of pyridine rings is 1. The van der Waals surface area contributed by atoms with Crippen LogP contribution in [0.2, 0.25) is 5.02 Å². The fourth-order valence-corrected chi connectivity index (χ4v) is 4.43. The lowest BCUT2D eigenvalue weighted by Crippen LogP contribution is -2.30. The van der Waals surface area contributed by atoms with E-state index in [1.54, 1.807) is 33.8 Å². The zero-order valence-electron chi connectivity index (χ0n) is 17.4. The Morgan fingerprint density at radius 2 is 1.73 bits per heavy atom. The predicted molar refractivity (Wildman–Crippen MR) is 116 cm³/mol. The van der Waals surface area contributed by atoms with Gasteiger partial charge in [-0.15, -0.1) is 0 Å². The Morgan fingerprint density at radius 3 is 2.33 bits per heavy atom. The molecule has 0 bridgehead atoms. The number of hydrogen-bond acceptors (Lipinski definition) is 6. The molecule has 0 spiro atoms. The third-order valence-corrected chi connectivity index (χ3v) is 6.52. The highest BCUT2D eigenvalue weighted by atomic mass is 35.5. The summed E-state index contributed by atoms with van der Waals surface area (Å²) in [7, 11) is -3.71. The minimum atomic E-state index is -3.71. The lowest BCUT2D eigenvalue weighted by molar-refractivity contribution is 0.102. The molecule has 0 unspecified atom stereocenters. The van der Waals surface area contributed by atoms with Crippen molar-refractivity contribution in [2.45, 2.75) is 32.6 Å². The number of aromatic nitrogens is 1. The maximum absolute atomic E-state index is 12.9. The first-order valence-electron chi connectivity index (χ1n) is 9.66. The molecule has 0 aliphatic carbocycles. The van der Waals surface area contributed by atoms with E-state index in [1.807, 2.05) is 0 Å². The molecule has 30 heavy (non-hydrogen) atoms. The molecule has 1 N–H and O–H groups in total. The van der Waals surface area contributed by atoms with E-state index in [1.165, 1.54) is 28.6 Å². The van der Waals surface area contributed by atoms with Crippen LogP contribution in [0.5, 0.6) is 11.6 Å². The molecule has 0 fully saturated rings. The summed E-state index contributed by atoms with van der Waals surface area (Å²) in [4.78, 5) is 17.0. The van der Waals surface area contributed by atoms with Gasteiger partial charge in [0.25, 0.3) is 5.91 Å². The van der Waals surface area contributed by atoms with Gasteiger partial charge in [-0.25, -0.2) is 13.4 Å². The second kappa shape index (κ2) is 10.6. The van der Waals surface area contributed by atoms with Gasteiger partial charge in [0.2, 0.25) is 15.9 Å². The molecule has 1 aromatic carbocycles. The van der Waals surface area contributed by atoms with E-state index in [4.69, 9.17) is 21.1 Å². The van der Waals surface area contributed by atoms with Crippen LogP contribution in [-0.4, -0.2) is 49.9 Å². The number of benzene rings is 1. The van der Waals surface area contributed by atoms with Crippen LogP contribution in [0.4, 0.5) is 5.69 Å². The van der Waals surface area contributed by atoms with Crippen molar-refractivity contribution in [1.82, 2.24) is 9.29 Å². The van der Waals surface area contributed by atoms with Gasteiger partial charge in [-0.3, -0.25) is 4.79 Å². The number of rotatable bonds is 10. The number of halogens is 1. The third kappa shape index (κ3) is 5.41. The summed E-state index contributed by atoms with van der Waals surface area (Å²) < 4.78 is 37.9. The molecule has 8 nitrogen and oxygen atoms in total. The molecule has 0 saturated carbocycles. The maximum atomic E-state index is 12.9. The Morgan fingerprint density at radius 1 is 1.07 bits per heavy atom. The molecule has 10 heteroatoms. The molecule has 2 aromatic rings. The lowest BCUT2D eigenvalue weighted by Gasteiger charge is -2.20. The molecule has 2 rings (SSSR count). The second-order valence-electron chi connectivity index (χ2n) is 6.05. The Bertz CT molecular complexity index is 994. The van der Waals surface area contributed by atoms with Gasteiger partial charge < -0.3 is 14.8 Å². The highest BCUT2D eigenvalue weighted by Crippen LogP contribution is 2.30. The second-order valence-corrected chi connectivity index (χ2v) is 8.39. The van der Waals surface area contributed by atoms with Gasteiger partial charge >= 0.3 is 0 Å². The summed E-state index contributed by atoms with van der Waals surface area (Å²) in [5.74, 6) is -0.0173. The largest absolute Gasteiger partial charge is 0.492 e. The number of hydrogen-bond donors (Lipinski definition) is 1. The van der Waals surface area contributed by atoms with Gasteiger partial charge in [0.05, 0.1) is 28.8 Å². The number of anilines is 1. The smallest absolute Gasteiger partial charge is 0.276 e. The summed E-state index contributed by atoms with van der Waals surface area (Å²) in [6, 6.07) is 7.41. The van der Waals surface area contributed by atoms with E-state index >= 15 is 0 Å². The molecule has 0 atom stereocenters. The summed E-state index contributed by atoms with van der Waals surface area (Å²) in [5.41, 5.74) is 0.164. The summed E-state index contributed by atoms with van der Waals surface area (Å²) in [6.07, 6.45) is 0.